The number of rotatable bonds is 5. The molecule has 1 amide bonds. The molecule has 1 atom stereocenters. The number of fused-ring (bicyclic) bond motifs is 3. The van der Waals surface area contributed by atoms with Crippen LogP contribution in [0.2, 0.25) is 0 Å². The molecule has 0 radical (unpaired) electrons. The minimum absolute atomic E-state index is 0.0361. The lowest BCUT2D eigenvalue weighted by molar-refractivity contribution is -0.142. The number of methoxy groups -OCH3 is 1. The van der Waals surface area contributed by atoms with Crippen molar-refractivity contribution in [1.82, 2.24) is 9.88 Å². The van der Waals surface area contributed by atoms with E-state index in [0.717, 1.165) is 28.6 Å². The summed E-state index contributed by atoms with van der Waals surface area (Å²) in [5.41, 5.74) is 3.63. The lowest BCUT2D eigenvalue weighted by atomic mass is 10.0. The molecule has 0 saturated heterocycles. The highest BCUT2D eigenvalue weighted by molar-refractivity contribution is 5.96. The van der Waals surface area contributed by atoms with Crippen molar-refractivity contribution >= 4 is 22.8 Å². The molecular weight excluding hydrogens is 320 g/mol. The van der Waals surface area contributed by atoms with Gasteiger partial charge in [-0.1, -0.05) is 6.08 Å². The third-order valence-corrected chi connectivity index (χ3v) is 4.52. The van der Waals surface area contributed by atoms with Crippen molar-refractivity contribution in [2.45, 2.75) is 26.0 Å². The summed E-state index contributed by atoms with van der Waals surface area (Å²) in [5, 5.41) is 0.954. The molecule has 0 fully saturated rings. The van der Waals surface area contributed by atoms with Gasteiger partial charge < -0.3 is 19.4 Å². The standard InChI is InChI=1S/C19H22N2O4/c1-4-9-25-12(2)18(22)21-8-7-17-15(11-21)14-10-13(19(23)24-3)5-6-16(14)20-17/h4-6,10,12,20H,1,7-9,11H2,2-3H3/t12-/m1/s1. The van der Waals surface area contributed by atoms with Crippen LogP contribution in [-0.4, -0.2) is 48.1 Å². The van der Waals surface area contributed by atoms with Crippen LogP contribution in [0.3, 0.4) is 0 Å². The average Bonchev–Trinajstić information content (AvgIpc) is 3.01. The molecule has 2 heterocycles. The summed E-state index contributed by atoms with van der Waals surface area (Å²) in [6.07, 6.45) is 1.87. The SMILES string of the molecule is C=CCO[C@H](C)C(=O)N1CCc2[nH]c3ccc(C(=O)OC)cc3c2C1. The maximum Gasteiger partial charge on any atom is 0.337 e. The number of nitrogens with zero attached hydrogens (tertiary/aromatic N) is 1. The molecule has 0 saturated carbocycles. The molecule has 1 aliphatic heterocycles. The summed E-state index contributed by atoms with van der Waals surface area (Å²) in [6.45, 7) is 6.85. The van der Waals surface area contributed by atoms with Gasteiger partial charge in [0.05, 0.1) is 19.3 Å². The zero-order chi connectivity index (χ0) is 18.0. The number of aromatic nitrogens is 1. The number of esters is 1. The fraction of sp³-hybridized carbons (Fsp3) is 0.368. The second kappa shape index (κ2) is 7.11. The van der Waals surface area contributed by atoms with Crippen LogP contribution in [0.4, 0.5) is 0 Å². The minimum atomic E-state index is -0.504. The van der Waals surface area contributed by atoms with Crippen LogP contribution in [-0.2, 0) is 27.2 Å². The Morgan fingerprint density at radius 3 is 2.96 bits per heavy atom. The number of aromatic amines is 1. The van der Waals surface area contributed by atoms with Gasteiger partial charge in [0.25, 0.3) is 5.91 Å². The first-order valence-electron chi connectivity index (χ1n) is 8.28. The van der Waals surface area contributed by atoms with Gasteiger partial charge in [0, 0.05) is 41.7 Å². The smallest absolute Gasteiger partial charge is 0.337 e. The Morgan fingerprint density at radius 2 is 2.24 bits per heavy atom. The third-order valence-electron chi connectivity index (χ3n) is 4.52. The van der Waals surface area contributed by atoms with Gasteiger partial charge in [-0.05, 0) is 25.1 Å². The largest absolute Gasteiger partial charge is 0.465 e. The van der Waals surface area contributed by atoms with Gasteiger partial charge in [-0.15, -0.1) is 6.58 Å². The summed E-state index contributed by atoms with van der Waals surface area (Å²) >= 11 is 0. The van der Waals surface area contributed by atoms with Gasteiger partial charge in [-0.2, -0.15) is 0 Å². The van der Waals surface area contributed by atoms with E-state index in [-0.39, 0.29) is 11.9 Å². The fourth-order valence-electron chi connectivity index (χ4n) is 3.19. The molecule has 1 N–H and O–H groups in total. The summed E-state index contributed by atoms with van der Waals surface area (Å²) in [6, 6.07) is 5.44. The second-order valence-corrected chi connectivity index (χ2v) is 6.11. The molecule has 6 nitrogen and oxygen atoms in total. The number of amides is 1. The predicted molar refractivity (Wildman–Crippen MR) is 94.4 cm³/mol. The normalized spacial score (nSPS) is 14.9. The Balaban J connectivity index is 1.87. The maximum absolute atomic E-state index is 12.6. The lowest BCUT2D eigenvalue weighted by Crippen LogP contribution is -2.42. The first-order valence-corrected chi connectivity index (χ1v) is 8.28. The Morgan fingerprint density at radius 1 is 1.44 bits per heavy atom. The summed E-state index contributed by atoms with van der Waals surface area (Å²) < 4.78 is 10.2. The van der Waals surface area contributed by atoms with Crippen molar-refractivity contribution in [2.24, 2.45) is 0 Å². The number of nitrogens with one attached hydrogen (secondary N) is 1. The fourth-order valence-corrected chi connectivity index (χ4v) is 3.19. The van der Waals surface area contributed by atoms with Gasteiger partial charge in [0.2, 0.25) is 0 Å². The number of carbonyl (C=O) groups is 2. The van der Waals surface area contributed by atoms with Crippen molar-refractivity contribution in [3.8, 4) is 0 Å². The molecule has 1 aliphatic rings. The van der Waals surface area contributed by atoms with Gasteiger partial charge in [-0.3, -0.25) is 4.79 Å². The van der Waals surface area contributed by atoms with Crippen molar-refractivity contribution in [1.29, 1.82) is 0 Å². The molecule has 1 aromatic heterocycles. The Kier molecular flexibility index (Phi) is 4.90. The van der Waals surface area contributed by atoms with E-state index >= 15 is 0 Å². The van der Waals surface area contributed by atoms with Crippen LogP contribution >= 0.6 is 0 Å². The van der Waals surface area contributed by atoms with Crippen molar-refractivity contribution in [3.63, 3.8) is 0 Å². The van der Waals surface area contributed by atoms with Gasteiger partial charge in [0.1, 0.15) is 6.10 Å². The number of H-pyrrole nitrogens is 1. The third kappa shape index (κ3) is 3.30. The number of benzene rings is 1. The van der Waals surface area contributed by atoms with E-state index < -0.39 is 6.10 Å². The van der Waals surface area contributed by atoms with Crippen LogP contribution < -0.4 is 0 Å². The summed E-state index contributed by atoms with van der Waals surface area (Å²) in [4.78, 5) is 29.6. The average molecular weight is 342 g/mol. The van der Waals surface area contributed by atoms with Crippen LogP contribution in [0, 0.1) is 0 Å². The monoisotopic (exact) mass is 342 g/mol. The molecule has 6 heteroatoms. The van der Waals surface area contributed by atoms with E-state index in [1.165, 1.54) is 7.11 Å². The van der Waals surface area contributed by atoms with Gasteiger partial charge in [-0.25, -0.2) is 4.79 Å². The van der Waals surface area contributed by atoms with E-state index in [4.69, 9.17) is 9.47 Å². The van der Waals surface area contributed by atoms with Crippen LogP contribution in [0.1, 0.15) is 28.5 Å². The van der Waals surface area contributed by atoms with Crippen LogP contribution in [0.15, 0.2) is 30.9 Å². The maximum atomic E-state index is 12.6. The van der Waals surface area contributed by atoms with E-state index in [2.05, 4.69) is 11.6 Å². The zero-order valence-corrected chi connectivity index (χ0v) is 14.5. The molecule has 25 heavy (non-hydrogen) atoms. The van der Waals surface area contributed by atoms with E-state index in [1.807, 2.05) is 12.1 Å². The highest BCUT2D eigenvalue weighted by Crippen LogP contribution is 2.29. The number of hydrogen-bond donors (Lipinski definition) is 1. The number of ether oxygens (including phenoxy) is 2. The first-order chi connectivity index (χ1) is 12.0. The summed E-state index contributed by atoms with van der Waals surface area (Å²) in [7, 11) is 1.37. The van der Waals surface area contributed by atoms with Crippen molar-refractivity contribution < 1.29 is 19.1 Å². The highest BCUT2D eigenvalue weighted by atomic mass is 16.5. The van der Waals surface area contributed by atoms with Gasteiger partial charge >= 0.3 is 5.97 Å². The molecular formula is C19H22N2O4. The zero-order valence-electron chi connectivity index (χ0n) is 14.5. The predicted octanol–water partition coefficient (Wildman–Crippen LogP) is 2.43. The Labute approximate surface area is 146 Å². The van der Waals surface area contributed by atoms with E-state index in [1.54, 1.807) is 24.0 Å². The number of carbonyl (C=O) groups excluding carboxylic acids is 2. The second-order valence-electron chi connectivity index (χ2n) is 6.11. The van der Waals surface area contributed by atoms with Crippen molar-refractivity contribution in [3.05, 3.63) is 47.7 Å². The quantitative estimate of drug-likeness (QED) is 0.669. The summed E-state index contributed by atoms with van der Waals surface area (Å²) in [5.74, 6) is -0.405. The highest BCUT2D eigenvalue weighted by Gasteiger charge is 2.27. The molecule has 0 spiro atoms. The van der Waals surface area contributed by atoms with Crippen LogP contribution in [0.25, 0.3) is 10.9 Å². The molecule has 3 rings (SSSR count). The number of hydrogen-bond acceptors (Lipinski definition) is 4. The Hall–Kier alpha value is -2.60. The molecule has 132 valence electrons. The lowest BCUT2D eigenvalue weighted by Gasteiger charge is -2.29. The molecule has 0 bridgehead atoms. The van der Waals surface area contributed by atoms with Gasteiger partial charge in [0.15, 0.2) is 0 Å². The Bertz CT molecular complexity index is 824. The van der Waals surface area contributed by atoms with Crippen molar-refractivity contribution in [2.75, 3.05) is 20.3 Å². The van der Waals surface area contributed by atoms with Crippen LogP contribution in [0.5, 0.6) is 0 Å². The first kappa shape index (κ1) is 17.2. The molecule has 0 aliphatic carbocycles. The molecule has 1 aromatic carbocycles. The molecule has 2 aromatic rings. The topological polar surface area (TPSA) is 71.6 Å². The van der Waals surface area contributed by atoms with E-state index in [9.17, 15) is 9.59 Å². The van der Waals surface area contributed by atoms with E-state index in [0.29, 0.717) is 25.3 Å². The molecule has 0 unspecified atom stereocenters. The minimum Gasteiger partial charge on any atom is -0.465 e.